The van der Waals surface area contributed by atoms with Crippen LogP contribution in [-0.4, -0.2) is 4.98 Å². The van der Waals surface area contributed by atoms with Gasteiger partial charge in [0.2, 0.25) is 0 Å². The number of hydrogen-bond acceptors (Lipinski definition) is 4. The highest BCUT2D eigenvalue weighted by Gasteiger charge is 2.21. The van der Waals surface area contributed by atoms with Crippen molar-refractivity contribution in [2.24, 2.45) is 0 Å². The Morgan fingerprint density at radius 2 is 1.21 bits per heavy atom. The number of anilines is 3. The van der Waals surface area contributed by atoms with Crippen LogP contribution < -0.4 is 4.90 Å². The van der Waals surface area contributed by atoms with Gasteiger partial charge in [-0.3, -0.25) is 4.98 Å². The molecule has 0 saturated heterocycles. The molecule has 0 aliphatic heterocycles. The van der Waals surface area contributed by atoms with Crippen LogP contribution in [0.1, 0.15) is 0 Å². The number of para-hydroxylation sites is 2. The van der Waals surface area contributed by atoms with Crippen LogP contribution in [0, 0.1) is 0 Å². The summed E-state index contributed by atoms with van der Waals surface area (Å²) in [5, 5.41) is 5.63. The van der Waals surface area contributed by atoms with Crippen molar-refractivity contribution in [3.05, 3.63) is 146 Å². The quantitative estimate of drug-likeness (QED) is 0.218. The SMILES string of the molecule is c1ccc2c(-c3ccc(N(c4ccc5oc6ccccc6c5c4)c4cccc5c4oc4cccnc45)cc3)cccc2c1. The van der Waals surface area contributed by atoms with Crippen LogP contribution in [0.2, 0.25) is 0 Å². The van der Waals surface area contributed by atoms with Gasteiger partial charge in [-0.2, -0.15) is 0 Å². The first kappa shape index (κ1) is 23.8. The van der Waals surface area contributed by atoms with Crippen molar-refractivity contribution in [1.29, 1.82) is 0 Å². The second kappa shape index (κ2) is 9.33. The van der Waals surface area contributed by atoms with Crippen molar-refractivity contribution >= 4 is 71.8 Å². The van der Waals surface area contributed by atoms with Gasteiger partial charge in [-0.1, -0.05) is 78.9 Å². The smallest absolute Gasteiger partial charge is 0.161 e. The maximum absolute atomic E-state index is 6.47. The highest BCUT2D eigenvalue weighted by molar-refractivity contribution is 6.10. The lowest BCUT2D eigenvalue weighted by Gasteiger charge is -2.26. The van der Waals surface area contributed by atoms with Crippen molar-refractivity contribution in [3.63, 3.8) is 0 Å². The molecule has 0 aliphatic rings. The Kier molecular flexibility index (Phi) is 5.16. The van der Waals surface area contributed by atoms with E-state index in [-0.39, 0.29) is 0 Å². The van der Waals surface area contributed by atoms with Crippen LogP contribution in [0.15, 0.2) is 155 Å². The van der Waals surface area contributed by atoms with E-state index in [1.807, 2.05) is 30.5 Å². The molecule has 0 spiro atoms. The van der Waals surface area contributed by atoms with Gasteiger partial charge in [0.15, 0.2) is 11.2 Å². The highest BCUT2D eigenvalue weighted by Crippen LogP contribution is 2.43. The number of aromatic nitrogens is 1. The first-order chi connectivity index (χ1) is 21.3. The van der Waals surface area contributed by atoms with E-state index in [0.29, 0.717) is 0 Å². The van der Waals surface area contributed by atoms with Crippen molar-refractivity contribution in [2.75, 3.05) is 4.90 Å². The number of rotatable bonds is 4. The van der Waals surface area contributed by atoms with E-state index in [1.165, 1.54) is 21.9 Å². The largest absolute Gasteiger partial charge is 0.456 e. The zero-order chi connectivity index (χ0) is 28.3. The molecule has 0 saturated carbocycles. The molecule has 0 unspecified atom stereocenters. The standard InChI is InChI=1S/C39H24N2O2/c1-2-10-29-25(8-1)9-5-12-30(29)26-17-19-27(20-18-26)41(28-21-22-36-33(24-28)31-11-3-4-15-35(31)42-36)34-14-6-13-32-38-37(43-39(32)34)16-7-23-40-38/h1-24H. The zero-order valence-corrected chi connectivity index (χ0v) is 23.1. The molecule has 9 aromatic rings. The first-order valence-electron chi connectivity index (χ1n) is 14.4. The third kappa shape index (κ3) is 3.74. The molecule has 6 aromatic carbocycles. The molecule has 3 heterocycles. The molecule has 0 N–H and O–H groups in total. The molecule has 4 heteroatoms. The molecule has 0 amide bonds. The third-order valence-corrected chi connectivity index (χ3v) is 8.32. The van der Waals surface area contributed by atoms with E-state index in [2.05, 4.69) is 125 Å². The van der Waals surface area contributed by atoms with Crippen LogP contribution in [0.3, 0.4) is 0 Å². The molecule has 0 atom stereocenters. The van der Waals surface area contributed by atoms with Gasteiger partial charge in [0.1, 0.15) is 16.7 Å². The number of nitrogens with zero attached hydrogens (tertiary/aromatic N) is 2. The molecular formula is C39H24N2O2. The minimum absolute atomic E-state index is 0.771. The molecule has 3 aromatic heterocycles. The molecule has 0 radical (unpaired) electrons. The minimum Gasteiger partial charge on any atom is -0.456 e. The van der Waals surface area contributed by atoms with E-state index >= 15 is 0 Å². The number of fused-ring (bicyclic) bond motifs is 7. The Hall–Kier alpha value is -5.87. The van der Waals surface area contributed by atoms with Gasteiger partial charge < -0.3 is 13.7 Å². The topological polar surface area (TPSA) is 42.4 Å². The maximum Gasteiger partial charge on any atom is 0.161 e. The third-order valence-electron chi connectivity index (χ3n) is 8.32. The molecule has 43 heavy (non-hydrogen) atoms. The van der Waals surface area contributed by atoms with Crippen LogP contribution in [0.4, 0.5) is 17.1 Å². The van der Waals surface area contributed by atoms with Crippen molar-refractivity contribution in [1.82, 2.24) is 4.98 Å². The van der Waals surface area contributed by atoms with Crippen LogP contribution in [0.25, 0.3) is 65.9 Å². The zero-order valence-electron chi connectivity index (χ0n) is 23.1. The van der Waals surface area contributed by atoms with E-state index in [1.54, 1.807) is 0 Å². The fraction of sp³-hybridized carbons (Fsp3) is 0. The Morgan fingerprint density at radius 1 is 0.488 bits per heavy atom. The summed E-state index contributed by atoms with van der Waals surface area (Å²) in [6, 6.07) is 48.5. The Morgan fingerprint density at radius 3 is 2.14 bits per heavy atom. The van der Waals surface area contributed by atoms with Crippen LogP contribution in [0.5, 0.6) is 0 Å². The monoisotopic (exact) mass is 552 g/mol. The summed E-state index contributed by atoms with van der Waals surface area (Å²) in [6.45, 7) is 0. The first-order valence-corrected chi connectivity index (χ1v) is 14.4. The van der Waals surface area contributed by atoms with Gasteiger partial charge in [0.05, 0.1) is 5.69 Å². The minimum atomic E-state index is 0.771. The molecule has 0 aliphatic carbocycles. The maximum atomic E-state index is 6.47. The molecule has 0 fully saturated rings. The Balaban J connectivity index is 1.26. The summed E-state index contributed by atoms with van der Waals surface area (Å²) < 4.78 is 12.6. The van der Waals surface area contributed by atoms with Crippen molar-refractivity contribution < 1.29 is 8.83 Å². The highest BCUT2D eigenvalue weighted by atomic mass is 16.3. The predicted molar refractivity (Wildman–Crippen MR) is 176 cm³/mol. The van der Waals surface area contributed by atoms with Gasteiger partial charge in [-0.15, -0.1) is 0 Å². The summed E-state index contributed by atoms with van der Waals surface area (Å²) >= 11 is 0. The number of furan rings is 2. The van der Waals surface area contributed by atoms with E-state index in [4.69, 9.17) is 8.83 Å². The van der Waals surface area contributed by atoms with Crippen LogP contribution >= 0.6 is 0 Å². The van der Waals surface area contributed by atoms with Crippen LogP contribution in [-0.2, 0) is 0 Å². The predicted octanol–water partition coefficient (Wildman–Crippen LogP) is 11.2. The summed E-state index contributed by atoms with van der Waals surface area (Å²) in [7, 11) is 0. The van der Waals surface area contributed by atoms with E-state index in [9.17, 15) is 0 Å². The van der Waals surface area contributed by atoms with Gasteiger partial charge >= 0.3 is 0 Å². The summed E-state index contributed by atoms with van der Waals surface area (Å²) in [5.74, 6) is 0. The Bertz CT molecular complexity index is 2460. The average molecular weight is 553 g/mol. The number of hydrogen-bond donors (Lipinski definition) is 0. The lowest BCUT2D eigenvalue weighted by Crippen LogP contribution is -2.10. The van der Waals surface area contributed by atoms with Crippen molar-refractivity contribution in [2.45, 2.75) is 0 Å². The molecule has 9 rings (SSSR count). The summed E-state index contributed by atoms with van der Waals surface area (Å²) in [5.41, 5.74) is 9.54. The lowest BCUT2D eigenvalue weighted by atomic mass is 9.98. The Labute approximate surface area is 247 Å². The van der Waals surface area contributed by atoms with E-state index < -0.39 is 0 Å². The molecule has 0 bridgehead atoms. The molecule has 202 valence electrons. The summed E-state index contributed by atoms with van der Waals surface area (Å²) in [4.78, 5) is 6.89. The number of pyridine rings is 1. The lowest BCUT2D eigenvalue weighted by molar-refractivity contribution is 0.668. The van der Waals surface area contributed by atoms with Gasteiger partial charge in [0, 0.05) is 33.7 Å². The van der Waals surface area contributed by atoms with Gasteiger partial charge in [-0.25, -0.2) is 0 Å². The van der Waals surface area contributed by atoms with E-state index in [0.717, 1.165) is 61.1 Å². The second-order valence-corrected chi connectivity index (χ2v) is 10.8. The molecule has 4 nitrogen and oxygen atoms in total. The normalized spacial score (nSPS) is 11.7. The summed E-state index contributed by atoms with van der Waals surface area (Å²) in [6.07, 6.45) is 1.81. The fourth-order valence-electron chi connectivity index (χ4n) is 6.33. The van der Waals surface area contributed by atoms with Crippen molar-refractivity contribution in [3.8, 4) is 11.1 Å². The van der Waals surface area contributed by atoms with Gasteiger partial charge in [-0.05, 0) is 82.6 Å². The fourth-order valence-corrected chi connectivity index (χ4v) is 6.33. The average Bonchev–Trinajstić information content (AvgIpc) is 3.64. The number of benzene rings is 6. The van der Waals surface area contributed by atoms with Gasteiger partial charge in [0.25, 0.3) is 0 Å². The second-order valence-electron chi connectivity index (χ2n) is 10.8. The molecular weight excluding hydrogens is 528 g/mol.